The average molecular weight is 392 g/mol. The third-order valence-corrected chi connectivity index (χ3v) is 5.47. The van der Waals surface area contributed by atoms with Crippen LogP contribution in [0.15, 0.2) is 30.3 Å². The standard InChI is InChI=1S/C21H19F3O4/c1-11-17(7-5-13-12(9-19(25)26)10-27-20(11)13)28-18-8-6-14-15(18)3-2-4-16(14)21(22,23)24/h2-5,7,12,18H,6,8-10H2,1H3,(H,25,26)/t12?,18-/m1/s1. The van der Waals surface area contributed by atoms with Gasteiger partial charge in [0.2, 0.25) is 0 Å². The smallest absolute Gasteiger partial charge is 0.416 e. The summed E-state index contributed by atoms with van der Waals surface area (Å²) in [5, 5.41) is 9.03. The minimum atomic E-state index is -4.38. The molecule has 0 radical (unpaired) electrons. The van der Waals surface area contributed by atoms with Crippen LogP contribution in [0.5, 0.6) is 11.5 Å². The van der Waals surface area contributed by atoms with Gasteiger partial charge in [0.25, 0.3) is 0 Å². The zero-order valence-corrected chi connectivity index (χ0v) is 15.2. The number of fused-ring (bicyclic) bond motifs is 2. The molecule has 2 atom stereocenters. The first-order valence-electron chi connectivity index (χ1n) is 9.09. The second kappa shape index (κ2) is 6.72. The van der Waals surface area contributed by atoms with Gasteiger partial charge in [0, 0.05) is 17.0 Å². The Labute approximate surface area is 159 Å². The molecule has 0 aromatic heterocycles. The second-order valence-corrected chi connectivity index (χ2v) is 7.23. The highest BCUT2D eigenvalue weighted by Crippen LogP contribution is 2.45. The van der Waals surface area contributed by atoms with Crippen molar-refractivity contribution in [3.8, 4) is 11.5 Å². The van der Waals surface area contributed by atoms with Crippen LogP contribution in [-0.2, 0) is 17.4 Å². The summed E-state index contributed by atoms with van der Waals surface area (Å²) in [7, 11) is 0. The molecule has 28 heavy (non-hydrogen) atoms. The van der Waals surface area contributed by atoms with Crippen molar-refractivity contribution in [2.45, 2.75) is 44.4 Å². The maximum absolute atomic E-state index is 13.2. The largest absolute Gasteiger partial charge is 0.492 e. The molecule has 0 saturated carbocycles. The van der Waals surface area contributed by atoms with E-state index >= 15 is 0 Å². The summed E-state index contributed by atoms with van der Waals surface area (Å²) in [6, 6.07) is 7.75. The molecule has 1 N–H and O–H groups in total. The Balaban J connectivity index is 1.61. The Kier molecular flexibility index (Phi) is 4.48. The molecule has 0 amide bonds. The van der Waals surface area contributed by atoms with E-state index in [-0.39, 0.29) is 12.3 Å². The van der Waals surface area contributed by atoms with Crippen LogP contribution in [-0.4, -0.2) is 17.7 Å². The minimum Gasteiger partial charge on any atom is -0.492 e. The third kappa shape index (κ3) is 3.19. The van der Waals surface area contributed by atoms with E-state index in [2.05, 4.69) is 0 Å². The number of carboxylic acid groups (broad SMARTS) is 1. The van der Waals surface area contributed by atoms with E-state index in [0.717, 1.165) is 17.2 Å². The molecule has 1 heterocycles. The summed E-state index contributed by atoms with van der Waals surface area (Å²) in [5.41, 5.74) is 1.85. The van der Waals surface area contributed by atoms with Gasteiger partial charge in [-0.2, -0.15) is 13.2 Å². The Morgan fingerprint density at radius 3 is 2.75 bits per heavy atom. The van der Waals surface area contributed by atoms with E-state index in [1.54, 1.807) is 18.2 Å². The van der Waals surface area contributed by atoms with Gasteiger partial charge in [0.1, 0.15) is 17.6 Å². The van der Waals surface area contributed by atoms with Crippen molar-refractivity contribution >= 4 is 5.97 Å². The lowest BCUT2D eigenvalue weighted by Crippen LogP contribution is -2.10. The van der Waals surface area contributed by atoms with E-state index in [0.29, 0.717) is 42.1 Å². The maximum Gasteiger partial charge on any atom is 0.416 e. The summed E-state index contributed by atoms with van der Waals surface area (Å²) in [6.07, 6.45) is -4.05. The van der Waals surface area contributed by atoms with Crippen molar-refractivity contribution in [1.82, 2.24) is 0 Å². The van der Waals surface area contributed by atoms with Gasteiger partial charge in [0.05, 0.1) is 18.6 Å². The Hall–Kier alpha value is -2.70. The molecule has 148 valence electrons. The summed E-state index contributed by atoms with van der Waals surface area (Å²) >= 11 is 0. The third-order valence-electron chi connectivity index (χ3n) is 5.47. The number of hydrogen-bond acceptors (Lipinski definition) is 3. The highest BCUT2D eigenvalue weighted by atomic mass is 19.4. The summed E-state index contributed by atoms with van der Waals surface area (Å²) in [4.78, 5) is 11.0. The van der Waals surface area contributed by atoms with Gasteiger partial charge in [-0.15, -0.1) is 0 Å². The molecule has 0 bridgehead atoms. The lowest BCUT2D eigenvalue weighted by Gasteiger charge is -2.19. The highest BCUT2D eigenvalue weighted by molar-refractivity contribution is 5.69. The molecule has 0 saturated heterocycles. The van der Waals surface area contributed by atoms with Gasteiger partial charge in [-0.25, -0.2) is 0 Å². The number of halogens is 3. The van der Waals surface area contributed by atoms with Gasteiger partial charge >= 0.3 is 12.1 Å². The molecule has 1 aliphatic carbocycles. The lowest BCUT2D eigenvalue weighted by molar-refractivity contribution is -0.138. The monoisotopic (exact) mass is 392 g/mol. The summed E-state index contributed by atoms with van der Waals surface area (Å²) in [6.45, 7) is 2.12. The SMILES string of the molecule is Cc1c(O[C@@H]2CCc3c2cccc3C(F)(F)F)ccc2c1OCC2CC(=O)O. The molecule has 4 nitrogen and oxygen atoms in total. The molecule has 4 rings (SSSR count). The fourth-order valence-corrected chi connectivity index (χ4v) is 4.15. The average Bonchev–Trinajstić information content (AvgIpc) is 3.21. The molecular formula is C21H19F3O4. The van der Waals surface area contributed by atoms with Crippen molar-refractivity contribution in [3.63, 3.8) is 0 Å². The fraction of sp³-hybridized carbons (Fsp3) is 0.381. The fourth-order valence-electron chi connectivity index (χ4n) is 4.15. The second-order valence-electron chi connectivity index (χ2n) is 7.23. The molecule has 0 spiro atoms. The first kappa shape index (κ1) is 18.7. The van der Waals surface area contributed by atoms with Crippen molar-refractivity contribution < 1.29 is 32.5 Å². The van der Waals surface area contributed by atoms with Crippen LogP contribution in [0.4, 0.5) is 13.2 Å². The Morgan fingerprint density at radius 2 is 2.04 bits per heavy atom. The number of carbonyl (C=O) groups is 1. The van der Waals surface area contributed by atoms with Crippen LogP contribution in [0.1, 0.15) is 52.7 Å². The normalized spacial score (nSPS) is 20.4. The van der Waals surface area contributed by atoms with Crippen molar-refractivity contribution in [1.29, 1.82) is 0 Å². The Bertz CT molecular complexity index is 936. The van der Waals surface area contributed by atoms with Crippen molar-refractivity contribution in [2.24, 2.45) is 0 Å². The quantitative estimate of drug-likeness (QED) is 0.793. The number of rotatable bonds is 4. The van der Waals surface area contributed by atoms with Crippen LogP contribution in [0.25, 0.3) is 0 Å². The van der Waals surface area contributed by atoms with Crippen LogP contribution in [0.3, 0.4) is 0 Å². The molecule has 7 heteroatoms. The van der Waals surface area contributed by atoms with Crippen LogP contribution < -0.4 is 9.47 Å². The predicted molar refractivity (Wildman–Crippen MR) is 94.8 cm³/mol. The van der Waals surface area contributed by atoms with Crippen LogP contribution in [0.2, 0.25) is 0 Å². The van der Waals surface area contributed by atoms with E-state index in [1.807, 2.05) is 6.92 Å². The van der Waals surface area contributed by atoms with Gasteiger partial charge in [0.15, 0.2) is 0 Å². The molecule has 2 aromatic rings. The van der Waals surface area contributed by atoms with E-state index in [1.165, 1.54) is 6.07 Å². The number of ether oxygens (including phenoxy) is 2. The minimum absolute atomic E-state index is 0.0110. The van der Waals surface area contributed by atoms with Gasteiger partial charge in [-0.05, 0) is 43.0 Å². The maximum atomic E-state index is 13.2. The van der Waals surface area contributed by atoms with Crippen molar-refractivity contribution in [2.75, 3.05) is 6.61 Å². The molecule has 2 aromatic carbocycles. The molecule has 1 aliphatic heterocycles. The van der Waals surface area contributed by atoms with Gasteiger partial charge < -0.3 is 14.6 Å². The summed E-state index contributed by atoms with van der Waals surface area (Å²) < 4.78 is 51.5. The lowest BCUT2D eigenvalue weighted by atomic mass is 9.96. The van der Waals surface area contributed by atoms with E-state index < -0.39 is 23.8 Å². The van der Waals surface area contributed by atoms with E-state index in [9.17, 15) is 18.0 Å². The number of hydrogen-bond donors (Lipinski definition) is 1. The number of benzene rings is 2. The topological polar surface area (TPSA) is 55.8 Å². The van der Waals surface area contributed by atoms with E-state index in [4.69, 9.17) is 14.6 Å². The van der Waals surface area contributed by atoms with Gasteiger partial charge in [-0.1, -0.05) is 18.2 Å². The number of carboxylic acids is 1. The predicted octanol–water partition coefficient (Wildman–Crippen LogP) is 5.03. The van der Waals surface area contributed by atoms with Gasteiger partial charge in [-0.3, -0.25) is 4.79 Å². The molecular weight excluding hydrogens is 373 g/mol. The first-order chi connectivity index (χ1) is 13.3. The van der Waals surface area contributed by atoms with Crippen molar-refractivity contribution in [3.05, 3.63) is 58.1 Å². The first-order valence-corrected chi connectivity index (χ1v) is 9.09. The molecule has 0 fully saturated rings. The zero-order chi connectivity index (χ0) is 20.1. The summed E-state index contributed by atoms with van der Waals surface area (Å²) in [5.74, 6) is 0.0697. The highest BCUT2D eigenvalue weighted by Gasteiger charge is 2.38. The van der Waals surface area contributed by atoms with Crippen LogP contribution in [0, 0.1) is 6.92 Å². The molecule has 2 aliphatic rings. The Morgan fingerprint density at radius 1 is 1.25 bits per heavy atom. The molecule has 1 unspecified atom stereocenters. The zero-order valence-electron chi connectivity index (χ0n) is 15.2. The van der Waals surface area contributed by atoms with Crippen LogP contribution >= 0.6 is 0 Å². The number of alkyl halides is 3. The number of aliphatic carboxylic acids is 1.